The van der Waals surface area contributed by atoms with Gasteiger partial charge in [-0.15, -0.1) is 11.8 Å². The Labute approximate surface area is 178 Å². The first-order chi connectivity index (χ1) is 14.2. The summed E-state index contributed by atoms with van der Waals surface area (Å²) < 4.78 is 49.0. The second kappa shape index (κ2) is 13.0. The smallest absolute Gasteiger partial charge is 0.416 e. The van der Waals surface area contributed by atoms with Crippen LogP contribution in [0.4, 0.5) is 13.2 Å². The Morgan fingerprint density at radius 1 is 1.03 bits per heavy atom. The maximum Gasteiger partial charge on any atom is 0.416 e. The molecule has 1 atom stereocenters. The molecule has 0 spiro atoms. The zero-order chi connectivity index (χ0) is 22.6. The Morgan fingerprint density at radius 2 is 1.67 bits per heavy atom. The van der Waals surface area contributed by atoms with Gasteiger partial charge in [0, 0.05) is 16.6 Å². The molecule has 0 saturated carbocycles. The lowest BCUT2D eigenvalue weighted by Gasteiger charge is -2.16. The van der Waals surface area contributed by atoms with Crippen LogP contribution in [0.5, 0.6) is 11.5 Å². The molecule has 0 heterocycles. The minimum absolute atomic E-state index is 0.250. The number of hydrogen-bond donors (Lipinski definition) is 0. The lowest BCUT2D eigenvalue weighted by Crippen LogP contribution is -2.14. The number of ether oxygens (including phenoxy) is 2. The molecule has 2 rings (SSSR count). The van der Waals surface area contributed by atoms with E-state index >= 15 is 0 Å². The lowest BCUT2D eigenvalue weighted by atomic mass is 10.1. The first-order valence-electron chi connectivity index (χ1n) is 9.40. The minimum Gasteiger partial charge on any atom is -0.494 e. The van der Waals surface area contributed by atoms with Crippen LogP contribution >= 0.6 is 11.8 Å². The summed E-state index contributed by atoms with van der Waals surface area (Å²) in [5, 5.41) is 0. The van der Waals surface area contributed by atoms with Crippen molar-refractivity contribution < 1.29 is 32.2 Å². The predicted octanol–water partition coefficient (Wildman–Crippen LogP) is 6.03. The molecule has 0 saturated heterocycles. The average molecular weight is 442 g/mol. The molecule has 4 nitrogen and oxygen atoms in total. The van der Waals surface area contributed by atoms with Crippen LogP contribution in [0.15, 0.2) is 47.4 Å². The zero-order valence-corrected chi connectivity index (χ0v) is 17.9. The number of alkyl halides is 3. The largest absolute Gasteiger partial charge is 0.494 e. The van der Waals surface area contributed by atoms with E-state index in [1.54, 1.807) is 11.8 Å². The molecule has 30 heavy (non-hydrogen) atoms. The van der Waals surface area contributed by atoms with Crippen LogP contribution in [0.2, 0.25) is 0 Å². The standard InChI is InChI=1S/C21H25F3O2S.CO2/c1-4-16(13-26-18-8-6-17(7-9-18)21(22,23)24)14-27-19-10-11-20(25-5-2)15(3)12-19;2-1-3/h6-12,16H,4-5,13-14H2,1-3H3;. The fraction of sp³-hybridized carbons (Fsp3) is 0.409. The van der Waals surface area contributed by atoms with Crippen LogP contribution < -0.4 is 9.47 Å². The van der Waals surface area contributed by atoms with Crippen molar-refractivity contribution in [2.24, 2.45) is 5.92 Å². The first-order valence-corrected chi connectivity index (χ1v) is 10.4. The molecule has 0 aliphatic rings. The van der Waals surface area contributed by atoms with Crippen molar-refractivity contribution >= 4 is 17.9 Å². The zero-order valence-electron chi connectivity index (χ0n) is 17.1. The van der Waals surface area contributed by atoms with Gasteiger partial charge in [-0.3, -0.25) is 0 Å². The van der Waals surface area contributed by atoms with Crippen molar-refractivity contribution in [2.45, 2.75) is 38.3 Å². The van der Waals surface area contributed by atoms with E-state index in [0.717, 1.165) is 35.6 Å². The maximum atomic E-state index is 12.6. The molecule has 0 aliphatic carbocycles. The van der Waals surface area contributed by atoms with Crippen LogP contribution in [0, 0.1) is 12.8 Å². The van der Waals surface area contributed by atoms with Gasteiger partial charge in [-0.2, -0.15) is 22.8 Å². The van der Waals surface area contributed by atoms with Gasteiger partial charge in [-0.1, -0.05) is 6.92 Å². The second-order valence-electron chi connectivity index (χ2n) is 6.36. The summed E-state index contributed by atoms with van der Waals surface area (Å²) >= 11 is 1.75. The number of rotatable bonds is 9. The van der Waals surface area contributed by atoms with Gasteiger partial charge in [-0.25, -0.2) is 0 Å². The van der Waals surface area contributed by atoms with E-state index < -0.39 is 11.7 Å². The SMILES string of the molecule is CCOc1ccc(SCC(CC)COc2ccc(C(F)(F)F)cc2)cc1C.O=C=O. The third-order valence-electron chi connectivity index (χ3n) is 4.18. The highest BCUT2D eigenvalue weighted by Gasteiger charge is 2.30. The molecule has 164 valence electrons. The molecule has 0 N–H and O–H groups in total. The third kappa shape index (κ3) is 8.93. The Hall–Kier alpha value is -2.44. The molecule has 0 radical (unpaired) electrons. The van der Waals surface area contributed by atoms with Crippen LogP contribution in [0.1, 0.15) is 31.4 Å². The number of carbonyl (C=O) groups excluding carboxylic acids is 2. The first kappa shape index (κ1) is 25.6. The van der Waals surface area contributed by atoms with Gasteiger partial charge in [0.05, 0.1) is 18.8 Å². The van der Waals surface area contributed by atoms with Crippen LogP contribution in [0.25, 0.3) is 0 Å². The summed E-state index contributed by atoms with van der Waals surface area (Å²) in [6, 6.07) is 11.0. The molecule has 0 bridgehead atoms. The van der Waals surface area contributed by atoms with Gasteiger partial charge in [0.1, 0.15) is 11.5 Å². The Bertz CT molecular complexity index is 801. The van der Waals surface area contributed by atoms with Gasteiger partial charge < -0.3 is 9.47 Å². The van der Waals surface area contributed by atoms with Crippen molar-refractivity contribution in [1.29, 1.82) is 0 Å². The Kier molecular flexibility index (Phi) is 11.1. The molecule has 1 unspecified atom stereocenters. The topological polar surface area (TPSA) is 52.6 Å². The van der Waals surface area contributed by atoms with Crippen LogP contribution in [0.3, 0.4) is 0 Å². The molecule has 0 fully saturated rings. The summed E-state index contributed by atoms with van der Waals surface area (Å²) in [7, 11) is 0. The highest BCUT2D eigenvalue weighted by atomic mass is 32.2. The molecule has 2 aromatic rings. The quantitative estimate of drug-likeness (QED) is 0.444. The van der Waals surface area contributed by atoms with E-state index in [1.807, 2.05) is 26.0 Å². The normalized spacial score (nSPS) is 11.7. The molecular formula is C22H25F3O4S. The summed E-state index contributed by atoms with van der Waals surface area (Å²) in [5.41, 5.74) is 0.444. The summed E-state index contributed by atoms with van der Waals surface area (Å²) in [4.78, 5) is 17.4. The fourth-order valence-electron chi connectivity index (χ4n) is 2.48. The van der Waals surface area contributed by atoms with Gasteiger partial charge in [0.2, 0.25) is 0 Å². The van der Waals surface area contributed by atoms with E-state index in [-0.39, 0.29) is 6.15 Å². The number of aryl methyl sites for hydroxylation is 1. The van der Waals surface area contributed by atoms with Crippen LogP contribution in [-0.4, -0.2) is 25.1 Å². The monoisotopic (exact) mass is 442 g/mol. The summed E-state index contributed by atoms with van der Waals surface area (Å²) in [6.07, 6.45) is -3.14. The fourth-order valence-corrected chi connectivity index (χ4v) is 3.67. The van der Waals surface area contributed by atoms with Crippen molar-refractivity contribution in [2.75, 3.05) is 19.0 Å². The van der Waals surface area contributed by atoms with Crippen molar-refractivity contribution in [3.05, 3.63) is 53.6 Å². The van der Waals surface area contributed by atoms with Crippen molar-refractivity contribution in [3.63, 3.8) is 0 Å². The van der Waals surface area contributed by atoms with Crippen molar-refractivity contribution in [1.82, 2.24) is 0 Å². The maximum absolute atomic E-state index is 12.6. The van der Waals surface area contributed by atoms with Gasteiger partial charge >= 0.3 is 12.3 Å². The molecular weight excluding hydrogens is 417 g/mol. The number of thioether (sulfide) groups is 1. The predicted molar refractivity (Wildman–Crippen MR) is 109 cm³/mol. The van der Waals surface area contributed by atoms with Crippen LogP contribution in [-0.2, 0) is 15.8 Å². The average Bonchev–Trinajstić information content (AvgIpc) is 2.70. The number of halogens is 3. The number of benzene rings is 2. The summed E-state index contributed by atoms with van der Waals surface area (Å²) in [6.45, 7) is 7.20. The van der Waals surface area contributed by atoms with Gasteiger partial charge in [-0.05, 0) is 68.3 Å². The Balaban J connectivity index is 0.00000141. The van der Waals surface area contributed by atoms with Crippen molar-refractivity contribution in [3.8, 4) is 11.5 Å². The molecule has 0 aromatic heterocycles. The molecule has 0 aliphatic heterocycles. The molecule has 0 amide bonds. The van der Waals surface area contributed by atoms with E-state index in [2.05, 4.69) is 13.0 Å². The minimum atomic E-state index is -4.32. The van der Waals surface area contributed by atoms with Gasteiger partial charge in [0.15, 0.2) is 0 Å². The summed E-state index contributed by atoms with van der Waals surface area (Å²) in [5.74, 6) is 2.55. The van der Waals surface area contributed by atoms with E-state index in [4.69, 9.17) is 19.1 Å². The lowest BCUT2D eigenvalue weighted by molar-refractivity contribution is -0.191. The molecule has 8 heteroatoms. The highest BCUT2D eigenvalue weighted by molar-refractivity contribution is 7.99. The molecule has 2 aromatic carbocycles. The number of hydrogen-bond acceptors (Lipinski definition) is 5. The van der Waals surface area contributed by atoms with E-state index in [0.29, 0.717) is 24.9 Å². The Morgan fingerprint density at radius 3 is 2.17 bits per heavy atom. The third-order valence-corrected chi connectivity index (χ3v) is 5.40. The second-order valence-corrected chi connectivity index (χ2v) is 7.46. The highest BCUT2D eigenvalue weighted by Crippen LogP contribution is 2.31. The van der Waals surface area contributed by atoms with E-state index in [9.17, 15) is 13.2 Å². The van der Waals surface area contributed by atoms with E-state index in [1.165, 1.54) is 17.0 Å². The van der Waals surface area contributed by atoms with Gasteiger partial charge in [0.25, 0.3) is 0 Å².